The van der Waals surface area contributed by atoms with Crippen LogP contribution in [0.2, 0.25) is 0 Å². The summed E-state index contributed by atoms with van der Waals surface area (Å²) in [5.74, 6) is 1.42. The number of aromatic nitrogens is 2. The first-order chi connectivity index (χ1) is 12.2. The highest BCUT2D eigenvalue weighted by Gasteiger charge is 2.15. The fourth-order valence-corrected chi connectivity index (χ4v) is 2.70. The Morgan fingerprint density at radius 2 is 1.96 bits per heavy atom. The first kappa shape index (κ1) is 17.4. The Morgan fingerprint density at radius 1 is 1.16 bits per heavy atom. The molecule has 0 amide bonds. The molecule has 1 fully saturated rings. The first-order valence-corrected chi connectivity index (χ1v) is 8.63. The lowest BCUT2D eigenvalue weighted by molar-refractivity contribution is 0.123. The molecule has 0 radical (unpaired) electrons. The first-order valence-electron chi connectivity index (χ1n) is 8.63. The summed E-state index contributed by atoms with van der Waals surface area (Å²) in [7, 11) is 4.11. The van der Waals surface area contributed by atoms with E-state index < -0.39 is 0 Å². The van der Waals surface area contributed by atoms with E-state index in [4.69, 9.17) is 4.74 Å². The minimum Gasteiger partial charge on any atom is -0.378 e. The third kappa shape index (κ3) is 5.04. The molecule has 0 saturated carbocycles. The van der Waals surface area contributed by atoms with Gasteiger partial charge in [0.2, 0.25) is 5.95 Å². The molecule has 1 aliphatic rings. The quantitative estimate of drug-likeness (QED) is 0.798. The second-order valence-corrected chi connectivity index (χ2v) is 6.24. The van der Waals surface area contributed by atoms with E-state index in [2.05, 4.69) is 62.7 Å². The molecule has 25 heavy (non-hydrogen) atoms. The second-order valence-electron chi connectivity index (χ2n) is 6.24. The summed E-state index contributed by atoms with van der Waals surface area (Å²) < 4.78 is 5.45. The number of hydrogen-bond acceptors (Lipinski definition) is 7. The van der Waals surface area contributed by atoms with Crippen LogP contribution < -0.4 is 15.5 Å². The van der Waals surface area contributed by atoms with E-state index in [9.17, 15) is 0 Å². The predicted molar refractivity (Wildman–Crippen MR) is 102 cm³/mol. The molecule has 0 spiro atoms. The summed E-state index contributed by atoms with van der Waals surface area (Å²) in [5, 5.41) is 6.67. The van der Waals surface area contributed by atoms with Crippen molar-refractivity contribution in [2.45, 2.75) is 0 Å². The molecule has 7 nitrogen and oxygen atoms in total. The summed E-state index contributed by atoms with van der Waals surface area (Å²) in [6, 6.07) is 10.1. The average Bonchev–Trinajstić information content (AvgIpc) is 2.63. The summed E-state index contributed by atoms with van der Waals surface area (Å²) >= 11 is 0. The Labute approximate surface area is 149 Å². The molecule has 3 rings (SSSR count). The normalized spacial score (nSPS) is 14.6. The van der Waals surface area contributed by atoms with Gasteiger partial charge in [-0.3, -0.25) is 0 Å². The highest BCUT2D eigenvalue weighted by atomic mass is 16.5. The largest absolute Gasteiger partial charge is 0.378 e. The number of benzene rings is 1. The zero-order valence-corrected chi connectivity index (χ0v) is 14.9. The lowest BCUT2D eigenvalue weighted by Crippen LogP contribution is -2.36. The van der Waals surface area contributed by atoms with Crippen LogP contribution in [0.15, 0.2) is 36.5 Å². The van der Waals surface area contributed by atoms with Gasteiger partial charge in [-0.2, -0.15) is 4.98 Å². The molecule has 1 aliphatic heterocycles. The van der Waals surface area contributed by atoms with Gasteiger partial charge >= 0.3 is 0 Å². The third-order valence-electron chi connectivity index (χ3n) is 4.02. The number of likely N-dealkylation sites (N-methyl/N-ethyl adjacent to an activating group) is 1. The third-order valence-corrected chi connectivity index (χ3v) is 4.02. The van der Waals surface area contributed by atoms with Crippen molar-refractivity contribution in [1.29, 1.82) is 0 Å². The molecular formula is C18H26N6O. The van der Waals surface area contributed by atoms with Gasteiger partial charge in [-0.15, -0.1) is 0 Å². The molecule has 2 heterocycles. The van der Waals surface area contributed by atoms with Crippen LogP contribution in [-0.2, 0) is 4.74 Å². The molecule has 1 saturated heterocycles. The monoisotopic (exact) mass is 342 g/mol. The van der Waals surface area contributed by atoms with Gasteiger partial charge in [-0.1, -0.05) is 12.1 Å². The van der Waals surface area contributed by atoms with E-state index >= 15 is 0 Å². The molecule has 7 heteroatoms. The van der Waals surface area contributed by atoms with Gasteiger partial charge in [0.25, 0.3) is 0 Å². The van der Waals surface area contributed by atoms with Crippen molar-refractivity contribution in [2.24, 2.45) is 0 Å². The lowest BCUT2D eigenvalue weighted by atomic mass is 10.2. The fraction of sp³-hybridized carbons (Fsp3) is 0.444. The Bertz CT molecular complexity index is 672. The standard InChI is InChI=1S/C18H26N6O/c1-23(2)10-9-19-17-7-8-20-18(22-17)21-15-5-3-4-6-16(15)24-11-13-25-14-12-24/h3-8H,9-14H2,1-2H3,(H2,19,20,21,22). The minimum atomic E-state index is 0.593. The van der Waals surface area contributed by atoms with Gasteiger partial charge in [0.15, 0.2) is 0 Å². The Kier molecular flexibility index (Phi) is 6.03. The van der Waals surface area contributed by atoms with E-state index in [1.165, 1.54) is 0 Å². The highest BCUT2D eigenvalue weighted by molar-refractivity contribution is 5.73. The molecule has 2 aromatic rings. The van der Waals surface area contributed by atoms with Gasteiger partial charge < -0.3 is 25.2 Å². The molecule has 134 valence electrons. The summed E-state index contributed by atoms with van der Waals surface area (Å²) in [5.41, 5.74) is 2.16. The summed E-state index contributed by atoms with van der Waals surface area (Å²) in [4.78, 5) is 13.4. The van der Waals surface area contributed by atoms with Gasteiger partial charge in [0, 0.05) is 32.4 Å². The predicted octanol–water partition coefficient (Wildman–Crippen LogP) is 2.03. The van der Waals surface area contributed by atoms with Crippen LogP contribution in [0.3, 0.4) is 0 Å². The Balaban J connectivity index is 1.70. The van der Waals surface area contributed by atoms with E-state index in [-0.39, 0.29) is 0 Å². The molecule has 0 atom stereocenters. The molecule has 0 unspecified atom stereocenters. The molecule has 2 N–H and O–H groups in total. The minimum absolute atomic E-state index is 0.593. The summed E-state index contributed by atoms with van der Waals surface area (Å²) in [6.45, 7) is 5.10. The van der Waals surface area contributed by atoms with Crippen molar-refractivity contribution in [3.8, 4) is 0 Å². The van der Waals surface area contributed by atoms with Gasteiger partial charge in [-0.05, 0) is 32.3 Å². The maximum atomic E-state index is 5.45. The number of morpholine rings is 1. The molecule has 1 aromatic carbocycles. The van der Waals surface area contributed by atoms with Crippen molar-refractivity contribution in [3.63, 3.8) is 0 Å². The van der Waals surface area contributed by atoms with Crippen molar-refractivity contribution >= 4 is 23.1 Å². The number of hydrogen-bond donors (Lipinski definition) is 2. The fourth-order valence-electron chi connectivity index (χ4n) is 2.70. The van der Waals surface area contributed by atoms with Crippen LogP contribution in [-0.4, -0.2) is 68.4 Å². The van der Waals surface area contributed by atoms with Crippen molar-refractivity contribution < 1.29 is 4.74 Å². The van der Waals surface area contributed by atoms with E-state index in [0.717, 1.165) is 56.6 Å². The van der Waals surface area contributed by atoms with Crippen LogP contribution in [0.1, 0.15) is 0 Å². The van der Waals surface area contributed by atoms with Gasteiger partial charge in [0.05, 0.1) is 24.6 Å². The topological polar surface area (TPSA) is 65.5 Å². The average molecular weight is 342 g/mol. The van der Waals surface area contributed by atoms with Crippen molar-refractivity contribution in [2.75, 3.05) is 69.0 Å². The maximum Gasteiger partial charge on any atom is 0.229 e. The Hall–Kier alpha value is -2.38. The number of nitrogens with zero attached hydrogens (tertiary/aromatic N) is 4. The smallest absolute Gasteiger partial charge is 0.229 e. The maximum absolute atomic E-state index is 5.45. The highest BCUT2D eigenvalue weighted by Crippen LogP contribution is 2.28. The number of anilines is 4. The van der Waals surface area contributed by atoms with Crippen LogP contribution in [0, 0.1) is 0 Å². The van der Waals surface area contributed by atoms with E-state index in [1.54, 1.807) is 6.20 Å². The number of rotatable bonds is 7. The number of para-hydroxylation sites is 2. The van der Waals surface area contributed by atoms with Crippen LogP contribution in [0.25, 0.3) is 0 Å². The molecule has 1 aromatic heterocycles. The Morgan fingerprint density at radius 3 is 2.76 bits per heavy atom. The van der Waals surface area contributed by atoms with Gasteiger partial charge in [-0.25, -0.2) is 4.98 Å². The molecule has 0 aliphatic carbocycles. The SMILES string of the molecule is CN(C)CCNc1ccnc(Nc2ccccc2N2CCOCC2)n1. The van der Waals surface area contributed by atoms with Crippen LogP contribution in [0.5, 0.6) is 0 Å². The van der Waals surface area contributed by atoms with E-state index in [1.807, 2.05) is 12.1 Å². The van der Waals surface area contributed by atoms with Crippen LogP contribution in [0.4, 0.5) is 23.1 Å². The summed E-state index contributed by atoms with van der Waals surface area (Å²) in [6.07, 6.45) is 1.77. The number of ether oxygens (including phenoxy) is 1. The van der Waals surface area contributed by atoms with Crippen molar-refractivity contribution in [3.05, 3.63) is 36.5 Å². The second kappa shape index (κ2) is 8.64. The molecular weight excluding hydrogens is 316 g/mol. The zero-order valence-electron chi connectivity index (χ0n) is 14.9. The van der Waals surface area contributed by atoms with E-state index in [0.29, 0.717) is 5.95 Å². The molecule has 0 bridgehead atoms. The zero-order chi connectivity index (χ0) is 17.5. The van der Waals surface area contributed by atoms with Crippen molar-refractivity contribution in [1.82, 2.24) is 14.9 Å². The lowest BCUT2D eigenvalue weighted by Gasteiger charge is -2.30. The van der Waals surface area contributed by atoms with Gasteiger partial charge in [0.1, 0.15) is 5.82 Å². The van der Waals surface area contributed by atoms with Crippen LogP contribution >= 0.6 is 0 Å². The number of nitrogens with one attached hydrogen (secondary N) is 2.